The summed E-state index contributed by atoms with van der Waals surface area (Å²) in [5.41, 5.74) is -0.578. The molecule has 1 unspecified atom stereocenters. The van der Waals surface area contributed by atoms with E-state index in [0.717, 1.165) is 12.1 Å². The summed E-state index contributed by atoms with van der Waals surface area (Å²) in [6, 6.07) is 2.15. The second-order valence-corrected chi connectivity index (χ2v) is 3.69. The highest BCUT2D eigenvalue weighted by molar-refractivity contribution is 5.86. The van der Waals surface area contributed by atoms with Crippen LogP contribution in [0.25, 0.3) is 0 Å². The number of pyridine rings is 1. The van der Waals surface area contributed by atoms with Crippen molar-refractivity contribution in [2.45, 2.75) is 19.4 Å². The van der Waals surface area contributed by atoms with Crippen LogP contribution < -0.4 is 5.32 Å². The number of anilines is 1. The minimum absolute atomic E-state index is 0.111. The molecular formula is C10H13N3O5. The Hall–Kier alpha value is -2.22. The van der Waals surface area contributed by atoms with Crippen LogP contribution in [0.1, 0.15) is 23.8 Å². The maximum absolute atomic E-state index is 10.7. The van der Waals surface area contributed by atoms with Crippen LogP contribution in [0.2, 0.25) is 0 Å². The summed E-state index contributed by atoms with van der Waals surface area (Å²) in [5.74, 6) is -1.37. The summed E-state index contributed by atoms with van der Waals surface area (Å²) < 4.78 is 0. The maximum atomic E-state index is 10.7. The lowest BCUT2D eigenvalue weighted by Gasteiger charge is -2.08. The van der Waals surface area contributed by atoms with Gasteiger partial charge in [0.25, 0.3) is 0 Å². The predicted octanol–water partition coefficient (Wildman–Crippen LogP) is 0.871. The van der Waals surface area contributed by atoms with Crippen molar-refractivity contribution in [2.75, 3.05) is 11.9 Å². The summed E-state index contributed by atoms with van der Waals surface area (Å²) in [5, 5.41) is 31.2. The van der Waals surface area contributed by atoms with Crippen molar-refractivity contribution < 1.29 is 19.9 Å². The number of aliphatic hydroxyl groups is 1. The summed E-state index contributed by atoms with van der Waals surface area (Å²) in [6.07, 6.45) is -0.185. The van der Waals surface area contributed by atoms with Gasteiger partial charge in [0.05, 0.1) is 11.0 Å². The number of aromatic nitrogens is 1. The molecule has 1 aromatic heterocycles. The van der Waals surface area contributed by atoms with E-state index in [0.29, 0.717) is 6.42 Å². The van der Waals surface area contributed by atoms with Crippen LogP contribution in [0.5, 0.6) is 0 Å². The highest BCUT2D eigenvalue weighted by Gasteiger charge is 2.18. The van der Waals surface area contributed by atoms with Gasteiger partial charge in [-0.15, -0.1) is 0 Å². The van der Waals surface area contributed by atoms with Crippen molar-refractivity contribution >= 4 is 17.5 Å². The molecule has 0 aliphatic rings. The minimum atomic E-state index is -1.26. The second kappa shape index (κ2) is 5.92. The molecule has 0 aromatic carbocycles. The fraction of sp³-hybridized carbons (Fsp3) is 0.400. The highest BCUT2D eigenvalue weighted by Crippen LogP contribution is 2.22. The van der Waals surface area contributed by atoms with E-state index < -0.39 is 17.0 Å². The zero-order valence-electron chi connectivity index (χ0n) is 9.66. The molecule has 0 bridgehead atoms. The molecule has 1 heterocycles. The molecule has 98 valence electrons. The van der Waals surface area contributed by atoms with Gasteiger partial charge in [-0.05, 0) is 19.4 Å². The van der Waals surface area contributed by atoms with Gasteiger partial charge in [0.15, 0.2) is 5.69 Å². The van der Waals surface area contributed by atoms with E-state index in [-0.39, 0.29) is 23.7 Å². The zero-order valence-corrected chi connectivity index (χ0v) is 9.66. The summed E-state index contributed by atoms with van der Waals surface area (Å²) in [7, 11) is 0. The molecule has 0 saturated heterocycles. The van der Waals surface area contributed by atoms with Gasteiger partial charge in [-0.1, -0.05) is 0 Å². The molecule has 0 saturated carbocycles. The molecule has 8 heteroatoms. The fourth-order valence-electron chi connectivity index (χ4n) is 1.25. The van der Waals surface area contributed by atoms with Gasteiger partial charge in [-0.2, -0.15) is 0 Å². The molecule has 0 amide bonds. The molecule has 8 nitrogen and oxygen atoms in total. The van der Waals surface area contributed by atoms with E-state index in [2.05, 4.69) is 10.3 Å². The average molecular weight is 255 g/mol. The number of hydrogen-bond donors (Lipinski definition) is 3. The summed E-state index contributed by atoms with van der Waals surface area (Å²) in [6.45, 7) is 1.84. The highest BCUT2D eigenvalue weighted by atomic mass is 16.6. The number of nitrogens with zero attached hydrogens (tertiary/aromatic N) is 2. The van der Waals surface area contributed by atoms with Crippen molar-refractivity contribution in [1.82, 2.24) is 4.98 Å². The zero-order chi connectivity index (χ0) is 13.7. The number of aliphatic hydroxyl groups excluding tert-OH is 1. The van der Waals surface area contributed by atoms with Gasteiger partial charge < -0.3 is 15.5 Å². The normalized spacial score (nSPS) is 11.9. The lowest BCUT2D eigenvalue weighted by atomic mass is 10.2. The average Bonchev–Trinajstić information content (AvgIpc) is 2.27. The van der Waals surface area contributed by atoms with Gasteiger partial charge in [0.1, 0.15) is 0 Å². The van der Waals surface area contributed by atoms with Crippen LogP contribution in [0.4, 0.5) is 11.5 Å². The van der Waals surface area contributed by atoms with Crippen LogP contribution in [0, 0.1) is 10.1 Å². The number of nitro groups is 1. The Morgan fingerprint density at radius 2 is 2.28 bits per heavy atom. The fourth-order valence-corrected chi connectivity index (χ4v) is 1.25. The molecule has 0 radical (unpaired) electrons. The topological polar surface area (TPSA) is 126 Å². The number of carbonyl (C=O) groups is 1. The number of nitrogens with one attached hydrogen (secondary N) is 1. The van der Waals surface area contributed by atoms with Crippen molar-refractivity contribution in [2.24, 2.45) is 0 Å². The van der Waals surface area contributed by atoms with E-state index in [4.69, 9.17) is 10.2 Å². The van der Waals surface area contributed by atoms with Gasteiger partial charge in [-0.3, -0.25) is 10.1 Å². The number of carboxylic acids is 1. The van der Waals surface area contributed by atoms with Gasteiger partial charge >= 0.3 is 11.7 Å². The lowest BCUT2D eigenvalue weighted by Crippen LogP contribution is -2.13. The third-order valence-electron chi connectivity index (χ3n) is 2.14. The molecule has 0 spiro atoms. The Labute approximate surface area is 102 Å². The quantitative estimate of drug-likeness (QED) is 0.508. The van der Waals surface area contributed by atoms with Gasteiger partial charge in [0.2, 0.25) is 5.82 Å². The first-order chi connectivity index (χ1) is 8.41. The third kappa shape index (κ3) is 3.67. The first kappa shape index (κ1) is 13.8. The van der Waals surface area contributed by atoms with Crippen LogP contribution in [0.3, 0.4) is 0 Å². The largest absolute Gasteiger partial charge is 0.477 e. The van der Waals surface area contributed by atoms with E-state index in [9.17, 15) is 14.9 Å². The molecular weight excluding hydrogens is 242 g/mol. The molecule has 0 fully saturated rings. The standard InChI is InChI=1S/C10H13N3O5/c1-6(14)4-5-11-9-8(13(17)18)3-2-7(12-9)10(15)16/h2-3,6,14H,4-5H2,1H3,(H,11,12)(H,15,16). The number of rotatable bonds is 6. The second-order valence-electron chi connectivity index (χ2n) is 3.69. The van der Waals surface area contributed by atoms with Crippen molar-refractivity contribution in [3.05, 3.63) is 27.9 Å². The monoisotopic (exact) mass is 255 g/mol. The Morgan fingerprint density at radius 1 is 1.61 bits per heavy atom. The van der Waals surface area contributed by atoms with Crippen molar-refractivity contribution in [1.29, 1.82) is 0 Å². The molecule has 18 heavy (non-hydrogen) atoms. The van der Waals surface area contributed by atoms with Crippen LogP contribution in [-0.4, -0.2) is 38.7 Å². The molecule has 1 rings (SSSR count). The van der Waals surface area contributed by atoms with Crippen LogP contribution in [-0.2, 0) is 0 Å². The Morgan fingerprint density at radius 3 is 2.78 bits per heavy atom. The summed E-state index contributed by atoms with van der Waals surface area (Å²) >= 11 is 0. The van der Waals surface area contributed by atoms with E-state index in [1.807, 2.05) is 0 Å². The Bertz CT molecular complexity index is 461. The van der Waals surface area contributed by atoms with E-state index in [1.54, 1.807) is 6.92 Å². The first-order valence-electron chi connectivity index (χ1n) is 5.22. The lowest BCUT2D eigenvalue weighted by molar-refractivity contribution is -0.384. The Kier molecular flexibility index (Phi) is 4.55. The number of aromatic carboxylic acids is 1. The van der Waals surface area contributed by atoms with Gasteiger partial charge in [-0.25, -0.2) is 9.78 Å². The first-order valence-corrected chi connectivity index (χ1v) is 5.22. The maximum Gasteiger partial charge on any atom is 0.354 e. The van der Waals surface area contributed by atoms with Crippen molar-refractivity contribution in [3.8, 4) is 0 Å². The molecule has 1 aromatic rings. The molecule has 1 atom stereocenters. The van der Waals surface area contributed by atoms with Gasteiger partial charge in [0, 0.05) is 12.6 Å². The minimum Gasteiger partial charge on any atom is -0.477 e. The smallest absolute Gasteiger partial charge is 0.354 e. The molecule has 0 aliphatic carbocycles. The Balaban J connectivity index is 2.93. The summed E-state index contributed by atoms with van der Waals surface area (Å²) in [4.78, 5) is 24.5. The number of carboxylic acid groups (broad SMARTS) is 1. The van der Waals surface area contributed by atoms with E-state index in [1.165, 1.54) is 0 Å². The van der Waals surface area contributed by atoms with Crippen molar-refractivity contribution in [3.63, 3.8) is 0 Å². The third-order valence-corrected chi connectivity index (χ3v) is 2.14. The predicted molar refractivity (Wildman–Crippen MR) is 62.6 cm³/mol. The van der Waals surface area contributed by atoms with Crippen LogP contribution in [0.15, 0.2) is 12.1 Å². The number of hydrogen-bond acceptors (Lipinski definition) is 6. The SMILES string of the molecule is CC(O)CCNc1nc(C(=O)O)ccc1[N+](=O)[O-]. The van der Waals surface area contributed by atoms with Crippen LogP contribution >= 0.6 is 0 Å². The van der Waals surface area contributed by atoms with E-state index >= 15 is 0 Å². The molecule has 3 N–H and O–H groups in total. The molecule has 0 aliphatic heterocycles.